The Morgan fingerprint density at radius 2 is 2.08 bits per heavy atom. The van der Waals surface area contributed by atoms with E-state index in [9.17, 15) is 0 Å². The molecule has 0 bridgehead atoms. The molecule has 25 heavy (non-hydrogen) atoms. The molecular weight excluding hydrogens is 306 g/mol. The van der Waals surface area contributed by atoms with E-state index >= 15 is 0 Å². The predicted molar refractivity (Wildman–Crippen MR) is 107 cm³/mol. The highest BCUT2D eigenvalue weighted by atomic mass is 15.1. The molecular formula is C22H33N3. The Labute approximate surface area is 153 Å². The van der Waals surface area contributed by atoms with Crippen molar-refractivity contribution in [1.29, 1.82) is 0 Å². The third-order valence-corrected chi connectivity index (χ3v) is 5.92. The smallest absolute Gasteiger partial charge is 0.0359 e. The van der Waals surface area contributed by atoms with Crippen LogP contribution in [0.1, 0.15) is 52.4 Å². The Morgan fingerprint density at radius 3 is 2.80 bits per heavy atom. The van der Waals surface area contributed by atoms with Gasteiger partial charge in [0.05, 0.1) is 0 Å². The molecule has 1 unspecified atom stereocenters. The van der Waals surface area contributed by atoms with E-state index in [4.69, 9.17) is 5.73 Å². The molecule has 3 nitrogen and oxygen atoms in total. The molecule has 3 aliphatic rings. The van der Waals surface area contributed by atoms with Crippen molar-refractivity contribution in [2.24, 2.45) is 11.7 Å². The number of rotatable bonds is 2. The van der Waals surface area contributed by atoms with Gasteiger partial charge in [-0.1, -0.05) is 24.3 Å². The Balaban J connectivity index is 1.66. The fraction of sp³-hybridized carbons (Fsp3) is 0.545. The van der Waals surface area contributed by atoms with Crippen molar-refractivity contribution in [2.75, 3.05) is 19.6 Å². The van der Waals surface area contributed by atoms with Crippen LogP contribution in [0.2, 0.25) is 0 Å². The molecule has 0 aromatic heterocycles. The summed E-state index contributed by atoms with van der Waals surface area (Å²) in [6.07, 6.45) is 18.5. The van der Waals surface area contributed by atoms with Crippen LogP contribution in [0.25, 0.3) is 0 Å². The van der Waals surface area contributed by atoms with Crippen LogP contribution in [0.5, 0.6) is 0 Å². The molecule has 0 saturated heterocycles. The summed E-state index contributed by atoms with van der Waals surface area (Å²) in [6, 6.07) is 0. The van der Waals surface area contributed by atoms with Crippen molar-refractivity contribution in [3.63, 3.8) is 0 Å². The van der Waals surface area contributed by atoms with Crippen molar-refractivity contribution < 1.29 is 0 Å². The first-order valence-electron chi connectivity index (χ1n) is 9.80. The van der Waals surface area contributed by atoms with E-state index in [0.29, 0.717) is 0 Å². The first-order chi connectivity index (χ1) is 12.1. The summed E-state index contributed by atoms with van der Waals surface area (Å²) in [7, 11) is 0. The summed E-state index contributed by atoms with van der Waals surface area (Å²) < 4.78 is 0. The van der Waals surface area contributed by atoms with Gasteiger partial charge in [-0.25, -0.2) is 0 Å². The van der Waals surface area contributed by atoms with E-state index in [1.165, 1.54) is 42.5 Å². The Kier molecular flexibility index (Phi) is 6.06. The van der Waals surface area contributed by atoms with Gasteiger partial charge in [-0.3, -0.25) is 0 Å². The standard InChI is InChI=1S/C22H33N3/c1-17-6-3-4-14-25(15-5-7-22(23)18(17)2)21-10-8-19(9-11-21)20-12-13-24-16-20/h3-4,6,10,16,19,24H,5,7-9,11-15,23H2,1-2H3/b4-3-,17-6+,22-18-. The van der Waals surface area contributed by atoms with E-state index in [0.717, 1.165) is 44.1 Å². The third kappa shape index (κ3) is 4.59. The lowest BCUT2D eigenvalue weighted by molar-refractivity contribution is 0.336. The number of allylic oxidation sites excluding steroid dienone is 7. The highest BCUT2D eigenvalue weighted by Gasteiger charge is 2.22. The molecule has 1 aliphatic carbocycles. The number of nitrogens with two attached hydrogens (primary N) is 1. The Bertz CT molecular complexity index is 634. The average Bonchev–Trinajstić information content (AvgIpc) is 3.16. The van der Waals surface area contributed by atoms with Gasteiger partial charge in [0.15, 0.2) is 0 Å². The maximum atomic E-state index is 6.29. The minimum absolute atomic E-state index is 0.755. The molecule has 0 radical (unpaired) electrons. The molecule has 0 fully saturated rings. The molecule has 1 atom stereocenters. The number of hydrogen-bond acceptors (Lipinski definition) is 3. The van der Waals surface area contributed by atoms with Crippen LogP contribution in [0.4, 0.5) is 0 Å². The molecule has 2 heterocycles. The molecule has 0 amide bonds. The van der Waals surface area contributed by atoms with Crippen molar-refractivity contribution in [3.8, 4) is 0 Å². The Morgan fingerprint density at radius 1 is 1.20 bits per heavy atom. The van der Waals surface area contributed by atoms with Gasteiger partial charge in [0, 0.05) is 31.0 Å². The van der Waals surface area contributed by atoms with Crippen molar-refractivity contribution in [1.82, 2.24) is 10.2 Å². The van der Waals surface area contributed by atoms with Crippen LogP contribution in [0.3, 0.4) is 0 Å². The summed E-state index contributed by atoms with van der Waals surface area (Å²) in [5.74, 6) is 0.755. The lowest BCUT2D eigenvalue weighted by Gasteiger charge is -2.31. The van der Waals surface area contributed by atoms with Gasteiger partial charge in [0.1, 0.15) is 0 Å². The van der Waals surface area contributed by atoms with Crippen molar-refractivity contribution in [2.45, 2.75) is 52.4 Å². The number of nitrogens with zero attached hydrogens (tertiary/aromatic N) is 1. The molecule has 0 spiro atoms. The maximum absolute atomic E-state index is 6.29. The minimum Gasteiger partial charge on any atom is -0.402 e. The molecule has 3 heteroatoms. The highest BCUT2D eigenvalue weighted by molar-refractivity contribution is 5.33. The molecule has 136 valence electrons. The topological polar surface area (TPSA) is 41.3 Å². The largest absolute Gasteiger partial charge is 0.402 e. The lowest BCUT2D eigenvalue weighted by Crippen LogP contribution is -2.27. The van der Waals surface area contributed by atoms with Crippen LogP contribution >= 0.6 is 0 Å². The summed E-state index contributed by atoms with van der Waals surface area (Å²) in [5.41, 5.74) is 13.0. The van der Waals surface area contributed by atoms with E-state index < -0.39 is 0 Å². The maximum Gasteiger partial charge on any atom is 0.0359 e. The van der Waals surface area contributed by atoms with Crippen molar-refractivity contribution >= 4 is 0 Å². The Hall–Kier alpha value is -1.90. The zero-order chi connectivity index (χ0) is 17.6. The van der Waals surface area contributed by atoms with E-state index in [1.54, 1.807) is 5.57 Å². The number of nitrogens with one attached hydrogen (secondary N) is 1. The second-order valence-corrected chi connectivity index (χ2v) is 7.57. The second kappa shape index (κ2) is 8.46. The van der Waals surface area contributed by atoms with Gasteiger partial charge in [-0.15, -0.1) is 0 Å². The van der Waals surface area contributed by atoms with Gasteiger partial charge < -0.3 is 16.0 Å². The van der Waals surface area contributed by atoms with Crippen LogP contribution in [0, 0.1) is 5.92 Å². The average molecular weight is 340 g/mol. The van der Waals surface area contributed by atoms with E-state index in [2.05, 4.69) is 54.6 Å². The van der Waals surface area contributed by atoms with Crippen LogP contribution < -0.4 is 11.1 Å². The van der Waals surface area contributed by atoms with Crippen LogP contribution in [0.15, 0.2) is 58.6 Å². The van der Waals surface area contributed by atoms with Crippen LogP contribution in [-0.4, -0.2) is 24.5 Å². The molecule has 3 rings (SSSR count). The first-order valence-corrected chi connectivity index (χ1v) is 9.80. The summed E-state index contributed by atoms with van der Waals surface area (Å²) in [6.45, 7) is 7.52. The molecule has 3 N–H and O–H groups in total. The summed E-state index contributed by atoms with van der Waals surface area (Å²) >= 11 is 0. The fourth-order valence-electron chi connectivity index (χ4n) is 4.04. The monoisotopic (exact) mass is 339 g/mol. The van der Waals surface area contributed by atoms with Gasteiger partial charge in [-0.05, 0) is 81.2 Å². The number of hydrogen-bond donors (Lipinski definition) is 2. The molecule has 0 saturated carbocycles. The quantitative estimate of drug-likeness (QED) is 0.784. The van der Waals surface area contributed by atoms with Gasteiger partial charge in [-0.2, -0.15) is 0 Å². The molecule has 0 aromatic carbocycles. The summed E-state index contributed by atoms with van der Waals surface area (Å²) in [4.78, 5) is 2.56. The van der Waals surface area contributed by atoms with Gasteiger partial charge >= 0.3 is 0 Å². The predicted octanol–water partition coefficient (Wildman–Crippen LogP) is 4.38. The second-order valence-electron chi connectivity index (χ2n) is 7.57. The van der Waals surface area contributed by atoms with E-state index in [-0.39, 0.29) is 0 Å². The molecule has 2 aliphatic heterocycles. The molecule has 0 aromatic rings. The lowest BCUT2D eigenvalue weighted by atomic mass is 9.85. The van der Waals surface area contributed by atoms with Gasteiger partial charge in [0.2, 0.25) is 0 Å². The SMILES string of the molecule is CC1=C(\N)CCCN(C2=CCC(C3=CNCC3)CC2)C\C=C/C=C/1C. The van der Waals surface area contributed by atoms with Crippen LogP contribution in [-0.2, 0) is 0 Å². The highest BCUT2D eigenvalue weighted by Crippen LogP contribution is 2.33. The van der Waals surface area contributed by atoms with E-state index in [1.807, 2.05) is 0 Å². The summed E-state index contributed by atoms with van der Waals surface area (Å²) in [5, 5.41) is 3.37. The normalized spacial score (nSPS) is 32.0. The zero-order valence-corrected chi connectivity index (χ0v) is 15.9. The first kappa shape index (κ1) is 17.9. The van der Waals surface area contributed by atoms with Crippen molar-refractivity contribution in [3.05, 3.63) is 58.6 Å². The fourth-order valence-corrected chi connectivity index (χ4v) is 4.04. The van der Waals surface area contributed by atoms with Gasteiger partial charge in [0.25, 0.3) is 0 Å². The third-order valence-electron chi connectivity index (χ3n) is 5.92. The zero-order valence-electron chi connectivity index (χ0n) is 15.9. The minimum atomic E-state index is 0.755.